The first kappa shape index (κ1) is 15.9. The van der Waals surface area contributed by atoms with Crippen LogP contribution in [0.4, 0.5) is 5.69 Å². The molecule has 0 aliphatic rings. The number of hydrogen-bond donors (Lipinski definition) is 2. The number of nitrogens with two attached hydrogens (primary N) is 1. The Morgan fingerprint density at radius 2 is 1.81 bits per heavy atom. The number of sulfonamides is 2. The van der Waals surface area contributed by atoms with Crippen molar-refractivity contribution in [2.75, 3.05) is 4.72 Å². The highest BCUT2D eigenvalue weighted by atomic mass is 79.9. The lowest BCUT2D eigenvalue weighted by atomic mass is 10.4. The third-order valence-corrected chi connectivity index (χ3v) is 5.06. The minimum Gasteiger partial charge on any atom is -0.279 e. The van der Waals surface area contributed by atoms with Gasteiger partial charge in [0.25, 0.3) is 20.0 Å². The number of halogens is 1. The van der Waals surface area contributed by atoms with Crippen LogP contribution in [0.3, 0.4) is 0 Å². The third-order valence-electron chi connectivity index (χ3n) is 2.38. The highest BCUT2D eigenvalue weighted by molar-refractivity contribution is 9.10. The Balaban J connectivity index is 2.38. The van der Waals surface area contributed by atoms with Gasteiger partial charge in [0.2, 0.25) is 0 Å². The van der Waals surface area contributed by atoms with Crippen molar-refractivity contribution >= 4 is 41.7 Å². The van der Waals surface area contributed by atoms with Gasteiger partial charge in [-0.05, 0) is 24.3 Å². The smallest absolute Gasteiger partial charge is 0.261 e. The number of primary sulfonamides is 1. The first-order valence-corrected chi connectivity index (χ1v) is 9.28. The van der Waals surface area contributed by atoms with E-state index in [1.165, 1.54) is 18.2 Å². The molecule has 0 bridgehead atoms. The van der Waals surface area contributed by atoms with Crippen molar-refractivity contribution in [2.24, 2.45) is 5.14 Å². The fourth-order valence-electron chi connectivity index (χ4n) is 1.48. The van der Waals surface area contributed by atoms with E-state index in [1.807, 2.05) is 0 Å². The summed E-state index contributed by atoms with van der Waals surface area (Å²) < 4.78 is 49.6. The first-order valence-electron chi connectivity index (χ1n) is 5.46. The van der Waals surface area contributed by atoms with Gasteiger partial charge >= 0.3 is 0 Å². The number of nitrogens with zero attached hydrogens (tertiary/aromatic N) is 1. The molecule has 0 unspecified atom stereocenters. The van der Waals surface area contributed by atoms with E-state index in [9.17, 15) is 16.8 Å². The predicted molar refractivity (Wildman–Crippen MR) is 80.6 cm³/mol. The molecule has 21 heavy (non-hydrogen) atoms. The molecule has 1 aromatic heterocycles. The van der Waals surface area contributed by atoms with Gasteiger partial charge in [0, 0.05) is 16.7 Å². The summed E-state index contributed by atoms with van der Waals surface area (Å²) >= 11 is 3.18. The monoisotopic (exact) mass is 391 g/mol. The Morgan fingerprint density at radius 3 is 2.43 bits per heavy atom. The van der Waals surface area contributed by atoms with Crippen LogP contribution in [-0.2, 0) is 20.0 Å². The van der Waals surface area contributed by atoms with Crippen LogP contribution in [0.1, 0.15) is 0 Å². The third kappa shape index (κ3) is 4.00. The summed E-state index contributed by atoms with van der Waals surface area (Å²) in [6.45, 7) is 0. The van der Waals surface area contributed by atoms with Crippen LogP contribution in [0.25, 0.3) is 0 Å². The van der Waals surface area contributed by atoms with Gasteiger partial charge in [-0.3, -0.25) is 4.72 Å². The van der Waals surface area contributed by atoms with Gasteiger partial charge in [-0.1, -0.05) is 22.0 Å². The lowest BCUT2D eigenvalue weighted by Crippen LogP contribution is -2.16. The van der Waals surface area contributed by atoms with Crippen LogP contribution >= 0.6 is 15.9 Å². The van der Waals surface area contributed by atoms with Crippen molar-refractivity contribution in [3.8, 4) is 0 Å². The summed E-state index contributed by atoms with van der Waals surface area (Å²) in [5.74, 6) is 0. The molecule has 0 spiro atoms. The summed E-state index contributed by atoms with van der Waals surface area (Å²) in [5, 5.41) is 4.53. The number of nitrogens with one attached hydrogen (secondary N) is 1. The molecule has 2 rings (SSSR count). The Hall–Kier alpha value is -1.49. The molecule has 112 valence electrons. The van der Waals surface area contributed by atoms with Gasteiger partial charge in [-0.2, -0.15) is 0 Å². The van der Waals surface area contributed by atoms with Crippen molar-refractivity contribution in [3.05, 3.63) is 47.1 Å². The van der Waals surface area contributed by atoms with Crippen molar-refractivity contribution in [2.45, 2.75) is 9.92 Å². The fraction of sp³-hybridized carbons (Fsp3) is 0. The molecule has 7 nitrogen and oxygen atoms in total. The van der Waals surface area contributed by atoms with Gasteiger partial charge in [0.05, 0.1) is 10.6 Å². The van der Waals surface area contributed by atoms with Gasteiger partial charge in [0.1, 0.15) is 0 Å². The van der Waals surface area contributed by atoms with E-state index in [1.54, 1.807) is 12.1 Å². The Bertz CT molecular complexity index is 882. The maximum Gasteiger partial charge on any atom is 0.261 e. The molecule has 10 heteroatoms. The lowest BCUT2D eigenvalue weighted by molar-refractivity contribution is 0.593. The highest BCUT2D eigenvalue weighted by Crippen LogP contribution is 2.20. The van der Waals surface area contributed by atoms with E-state index in [4.69, 9.17) is 5.14 Å². The second-order valence-electron chi connectivity index (χ2n) is 3.99. The maximum atomic E-state index is 12.2. The largest absolute Gasteiger partial charge is 0.279 e. The number of rotatable bonds is 4. The number of hydrogen-bond acceptors (Lipinski definition) is 5. The molecule has 3 N–H and O–H groups in total. The summed E-state index contributed by atoms with van der Waals surface area (Å²) in [6, 6.07) is 8.46. The van der Waals surface area contributed by atoms with Crippen LogP contribution in [0.5, 0.6) is 0 Å². The molecule has 2 aromatic rings. The Labute approximate surface area is 130 Å². The highest BCUT2D eigenvalue weighted by Gasteiger charge is 2.16. The van der Waals surface area contributed by atoms with E-state index in [0.29, 0.717) is 4.47 Å². The minimum atomic E-state index is -4.01. The SMILES string of the molecule is NS(=O)(=O)c1cc(NS(=O)(=O)c2cccc(Br)c2)ccn1. The summed E-state index contributed by atoms with van der Waals surface area (Å²) in [4.78, 5) is 3.61. The predicted octanol–water partition coefficient (Wildman–Crippen LogP) is 1.29. The van der Waals surface area contributed by atoms with Crippen molar-refractivity contribution in [1.29, 1.82) is 0 Å². The van der Waals surface area contributed by atoms with Crippen LogP contribution < -0.4 is 9.86 Å². The quantitative estimate of drug-likeness (QED) is 0.813. The molecule has 0 radical (unpaired) electrons. The molecule has 0 saturated heterocycles. The molecule has 0 fully saturated rings. The summed E-state index contributed by atoms with van der Waals surface area (Å²) in [5.41, 5.74) is 0.0500. The van der Waals surface area contributed by atoms with E-state index in [-0.39, 0.29) is 10.6 Å². The normalized spacial score (nSPS) is 12.1. The van der Waals surface area contributed by atoms with Crippen molar-refractivity contribution in [1.82, 2.24) is 4.98 Å². The standard InChI is InChI=1S/C11H10BrN3O4S2/c12-8-2-1-3-10(6-8)21(18,19)15-9-4-5-14-11(7-9)20(13,16)17/h1-7H,(H,14,15)(H2,13,16,17). The average Bonchev–Trinajstić information content (AvgIpc) is 2.37. The zero-order chi connectivity index (χ0) is 15.7. The zero-order valence-corrected chi connectivity index (χ0v) is 13.6. The Kier molecular flexibility index (Phi) is 4.33. The van der Waals surface area contributed by atoms with Gasteiger partial charge in [-0.25, -0.2) is 27.0 Å². The van der Waals surface area contributed by atoms with Gasteiger partial charge < -0.3 is 0 Å². The fourth-order valence-corrected chi connectivity index (χ4v) is 3.62. The maximum absolute atomic E-state index is 12.2. The minimum absolute atomic E-state index is 0.0332. The molecule has 0 aliphatic carbocycles. The second kappa shape index (κ2) is 5.72. The van der Waals surface area contributed by atoms with Crippen LogP contribution in [-0.4, -0.2) is 21.8 Å². The van der Waals surface area contributed by atoms with E-state index < -0.39 is 25.1 Å². The van der Waals surface area contributed by atoms with Crippen LogP contribution in [0, 0.1) is 0 Å². The van der Waals surface area contributed by atoms with Crippen LogP contribution in [0.15, 0.2) is 57.0 Å². The van der Waals surface area contributed by atoms with Crippen molar-refractivity contribution < 1.29 is 16.8 Å². The molecule has 1 heterocycles. The zero-order valence-electron chi connectivity index (χ0n) is 10.4. The van der Waals surface area contributed by atoms with Gasteiger partial charge in [-0.15, -0.1) is 0 Å². The average molecular weight is 392 g/mol. The summed E-state index contributed by atoms with van der Waals surface area (Å²) in [6.07, 6.45) is 1.15. The number of benzene rings is 1. The molecule has 0 amide bonds. The number of pyridine rings is 1. The Morgan fingerprint density at radius 1 is 1.10 bits per heavy atom. The number of aromatic nitrogens is 1. The van der Waals surface area contributed by atoms with E-state index >= 15 is 0 Å². The van der Waals surface area contributed by atoms with Gasteiger partial charge in [0.15, 0.2) is 5.03 Å². The second-order valence-corrected chi connectivity index (χ2v) is 8.10. The molecular weight excluding hydrogens is 382 g/mol. The van der Waals surface area contributed by atoms with E-state index in [0.717, 1.165) is 12.3 Å². The van der Waals surface area contributed by atoms with Crippen molar-refractivity contribution in [3.63, 3.8) is 0 Å². The first-order chi connectivity index (χ1) is 9.68. The topological polar surface area (TPSA) is 119 Å². The number of anilines is 1. The molecule has 1 aromatic carbocycles. The molecule has 0 atom stereocenters. The lowest BCUT2D eigenvalue weighted by Gasteiger charge is -2.09. The molecule has 0 aliphatic heterocycles. The van der Waals surface area contributed by atoms with E-state index in [2.05, 4.69) is 25.6 Å². The summed E-state index contributed by atoms with van der Waals surface area (Å²) in [7, 11) is -7.85. The molecular formula is C11H10BrN3O4S2. The van der Waals surface area contributed by atoms with Crippen LogP contribution in [0.2, 0.25) is 0 Å². The molecule has 0 saturated carbocycles.